The van der Waals surface area contributed by atoms with Crippen LogP contribution in [0.15, 0.2) is 35.3 Å². The third-order valence-corrected chi connectivity index (χ3v) is 4.75. The van der Waals surface area contributed by atoms with E-state index in [1.807, 2.05) is 37.3 Å². The number of benzene rings is 1. The van der Waals surface area contributed by atoms with E-state index in [0.717, 1.165) is 37.6 Å². The van der Waals surface area contributed by atoms with Gasteiger partial charge in [0, 0.05) is 19.7 Å². The zero-order chi connectivity index (χ0) is 19.9. The van der Waals surface area contributed by atoms with E-state index in [0.29, 0.717) is 19.3 Å². The minimum Gasteiger partial charge on any atom is -0.389 e. The molecule has 1 unspecified atom stereocenters. The van der Waals surface area contributed by atoms with Crippen LogP contribution in [0.1, 0.15) is 51.0 Å². The van der Waals surface area contributed by atoms with Gasteiger partial charge in [0.05, 0.1) is 32.0 Å². The van der Waals surface area contributed by atoms with Crippen molar-refractivity contribution in [2.75, 3.05) is 32.8 Å². The third-order valence-electron chi connectivity index (χ3n) is 4.75. The number of ether oxygens (including phenoxy) is 2. The topological polar surface area (TPSA) is 75.1 Å². The molecule has 6 nitrogen and oxygen atoms in total. The minimum atomic E-state index is -0.617. The Bertz CT molecular complexity index is 539. The van der Waals surface area contributed by atoms with E-state index in [2.05, 4.69) is 15.6 Å². The van der Waals surface area contributed by atoms with E-state index in [-0.39, 0.29) is 30.6 Å². The average molecular weight is 519 g/mol. The van der Waals surface area contributed by atoms with E-state index in [1.54, 1.807) is 0 Å². The number of hydrogen-bond donors (Lipinski definition) is 3. The van der Waals surface area contributed by atoms with Crippen LogP contribution in [0, 0.1) is 0 Å². The molecule has 3 N–H and O–H groups in total. The molecule has 1 aromatic carbocycles. The van der Waals surface area contributed by atoms with Crippen LogP contribution in [0.4, 0.5) is 0 Å². The van der Waals surface area contributed by atoms with Crippen molar-refractivity contribution >= 4 is 29.9 Å². The molecule has 0 amide bonds. The summed E-state index contributed by atoms with van der Waals surface area (Å²) in [5, 5.41) is 16.6. The number of nitrogens with zero attached hydrogens (tertiary/aromatic N) is 1. The van der Waals surface area contributed by atoms with Crippen molar-refractivity contribution in [3.05, 3.63) is 35.9 Å². The van der Waals surface area contributed by atoms with Crippen molar-refractivity contribution in [2.45, 2.75) is 64.3 Å². The summed E-state index contributed by atoms with van der Waals surface area (Å²) < 4.78 is 11.5. The van der Waals surface area contributed by atoms with E-state index in [1.165, 1.54) is 32.1 Å². The summed E-state index contributed by atoms with van der Waals surface area (Å²) in [6.07, 6.45) is 7.17. The number of nitrogens with one attached hydrogen (secondary N) is 2. The molecule has 1 fully saturated rings. The molecular formula is C22H38IN3O3. The van der Waals surface area contributed by atoms with E-state index in [9.17, 15) is 5.11 Å². The zero-order valence-electron chi connectivity index (χ0n) is 17.6. The van der Waals surface area contributed by atoms with Gasteiger partial charge in [-0.15, -0.1) is 24.0 Å². The Morgan fingerprint density at radius 3 is 2.66 bits per heavy atom. The second-order valence-electron chi connectivity index (χ2n) is 7.29. The first-order valence-electron chi connectivity index (χ1n) is 10.7. The molecule has 29 heavy (non-hydrogen) atoms. The van der Waals surface area contributed by atoms with Crippen molar-refractivity contribution < 1.29 is 14.6 Å². The van der Waals surface area contributed by atoms with Gasteiger partial charge in [-0.05, 0) is 31.7 Å². The maximum atomic E-state index is 10.1. The number of aliphatic imine (C=N–C) groups is 1. The quantitative estimate of drug-likeness (QED) is 0.171. The molecule has 1 atom stereocenters. The van der Waals surface area contributed by atoms with Gasteiger partial charge in [0.2, 0.25) is 0 Å². The Balaban J connectivity index is 0.00000420. The van der Waals surface area contributed by atoms with Crippen LogP contribution in [0.3, 0.4) is 0 Å². The number of guanidine groups is 1. The molecule has 1 aliphatic carbocycles. The fraction of sp³-hybridized carbons (Fsp3) is 0.682. The van der Waals surface area contributed by atoms with Gasteiger partial charge in [-0.2, -0.15) is 0 Å². The van der Waals surface area contributed by atoms with Crippen LogP contribution in [-0.2, 0) is 16.1 Å². The number of rotatable bonds is 12. The average Bonchev–Trinajstić information content (AvgIpc) is 2.73. The summed E-state index contributed by atoms with van der Waals surface area (Å²) in [6.45, 7) is 5.48. The highest BCUT2D eigenvalue weighted by atomic mass is 127. The first kappa shape index (κ1) is 26.1. The van der Waals surface area contributed by atoms with Crippen molar-refractivity contribution in [3.63, 3.8) is 0 Å². The second kappa shape index (κ2) is 16.8. The van der Waals surface area contributed by atoms with Gasteiger partial charge in [0.15, 0.2) is 5.96 Å². The number of aliphatic hydroxyl groups excluding tert-OH is 1. The maximum Gasteiger partial charge on any atom is 0.191 e. The summed E-state index contributed by atoms with van der Waals surface area (Å²) in [5.74, 6) is 0.724. The lowest BCUT2D eigenvalue weighted by molar-refractivity contribution is 0.0276. The molecule has 0 aromatic heterocycles. The molecule has 166 valence electrons. The fourth-order valence-electron chi connectivity index (χ4n) is 3.24. The van der Waals surface area contributed by atoms with Gasteiger partial charge in [-0.1, -0.05) is 49.6 Å². The highest BCUT2D eigenvalue weighted by molar-refractivity contribution is 14.0. The Morgan fingerprint density at radius 2 is 1.93 bits per heavy atom. The largest absolute Gasteiger partial charge is 0.389 e. The van der Waals surface area contributed by atoms with Gasteiger partial charge in [-0.25, -0.2) is 0 Å². The SMILES string of the molecule is CCNC(=NCC(O)COCc1ccccc1)NCCCOC1CCCCC1.I. The highest BCUT2D eigenvalue weighted by Crippen LogP contribution is 2.20. The molecule has 0 bridgehead atoms. The molecule has 0 radical (unpaired) electrons. The first-order valence-corrected chi connectivity index (χ1v) is 10.7. The van der Waals surface area contributed by atoms with E-state index < -0.39 is 6.10 Å². The van der Waals surface area contributed by atoms with Crippen molar-refractivity contribution in [1.82, 2.24) is 10.6 Å². The molecule has 7 heteroatoms. The van der Waals surface area contributed by atoms with E-state index >= 15 is 0 Å². The maximum absolute atomic E-state index is 10.1. The van der Waals surface area contributed by atoms with E-state index in [4.69, 9.17) is 9.47 Å². The Hall–Kier alpha value is -0.900. The fourth-order valence-corrected chi connectivity index (χ4v) is 3.24. The molecule has 1 saturated carbocycles. The molecule has 2 rings (SSSR count). The zero-order valence-corrected chi connectivity index (χ0v) is 20.0. The van der Waals surface area contributed by atoms with Crippen LogP contribution in [0.2, 0.25) is 0 Å². The van der Waals surface area contributed by atoms with Gasteiger partial charge in [-0.3, -0.25) is 4.99 Å². The van der Waals surface area contributed by atoms with Crippen LogP contribution < -0.4 is 10.6 Å². The molecule has 1 aromatic rings. The van der Waals surface area contributed by atoms with Gasteiger partial charge in [0.1, 0.15) is 0 Å². The van der Waals surface area contributed by atoms with Crippen LogP contribution >= 0.6 is 24.0 Å². The lowest BCUT2D eigenvalue weighted by atomic mass is 9.98. The van der Waals surface area contributed by atoms with Gasteiger partial charge >= 0.3 is 0 Å². The monoisotopic (exact) mass is 519 g/mol. The van der Waals surface area contributed by atoms with Crippen molar-refractivity contribution in [2.24, 2.45) is 4.99 Å². The Kier molecular flexibility index (Phi) is 15.2. The molecule has 0 saturated heterocycles. The minimum absolute atomic E-state index is 0. The summed E-state index contributed by atoms with van der Waals surface area (Å²) in [6, 6.07) is 9.96. The van der Waals surface area contributed by atoms with Crippen LogP contribution in [0.25, 0.3) is 0 Å². The molecule has 1 aliphatic rings. The predicted molar refractivity (Wildman–Crippen MR) is 129 cm³/mol. The van der Waals surface area contributed by atoms with Crippen LogP contribution in [0.5, 0.6) is 0 Å². The summed E-state index contributed by atoms with van der Waals surface area (Å²) in [4.78, 5) is 4.45. The van der Waals surface area contributed by atoms with Gasteiger partial charge in [0.25, 0.3) is 0 Å². The smallest absolute Gasteiger partial charge is 0.191 e. The first-order chi connectivity index (χ1) is 13.8. The summed E-state index contributed by atoms with van der Waals surface area (Å²) in [7, 11) is 0. The van der Waals surface area contributed by atoms with Gasteiger partial charge < -0.3 is 25.2 Å². The highest BCUT2D eigenvalue weighted by Gasteiger charge is 2.13. The Labute approximate surface area is 192 Å². The lowest BCUT2D eigenvalue weighted by Gasteiger charge is -2.22. The molecular weight excluding hydrogens is 481 g/mol. The number of halogens is 1. The normalized spacial score (nSPS) is 16.1. The molecule has 0 spiro atoms. The Morgan fingerprint density at radius 1 is 1.17 bits per heavy atom. The standard InChI is InChI=1S/C22H37N3O3.HI/c1-2-23-22(24-14-9-15-28-21-12-7-4-8-13-21)25-16-20(26)18-27-17-19-10-5-3-6-11-19;/h3,5-6,10-11,20-21,26H,2,4,7-9,12-18H2,1H3,(H2,23,24,25);1H. The van der Waals surface area contributed by atoms with Crippen LogP contribution in [-0.4, -0.2) is 56.1 Å². The summed E-state index contributed by atoms with van der Waals surface area (Å²) in [5.41, 5.74) is 1.10. The molecule has 0 aliphatic heterocycles. The van der Waals surface area contributed by atoms with Crippen molar-refractivity contribution in [3.8, 4) is 0 Å². The second-order valence-corrected chi connectivity index (χ2v) is 7.29. The predicted octanol–water partition coefficient (Wildman–Crippen LogP) is 3.48. The summed E-state index contributed by atoms with van der Waals surface area (Å²) >= 11 is 0. The number of aliphatic hydroxyl groups is 1. The molecule has 0 heterocycles. The number of hydrogen-bond acceptors (Lipinski definition) is 4. The van der Waals surface area contributed by atoms with Crippen molar-refractivity contribution in [1.29, 1.82) is 0 Å². The third kappa shape index (κ3) is 12.4. The lowest BCUT2D eigenvalue weighted by Crippen LogP contribution is -2.39.